The lowest BCUT2D eigenvalue weighted by Crippen LogP contribution is -2.64. The highest BCUT2D eigenvalue weighted by molar-refractivity contribution is 5.90. The number of carbonyl (C=O) groups is 1. The van der Waals surface area contributed by atoms with Gasteiger partial charge in [-0.05, 0) is 18.6 Å². The number of anilines is 1. The highest BCUT2D eigenvalue weighted by atomic mass is 19.1. The Hall–Kier alpha value is -3.31. The van der Waals surface area contributed by atoms with Crippen LogP contribution in [0.5, 0.6) is 0 Å². The Morgan fingerprint density at radius 2 is 2.00 bits per heavy atom. The number of nitrogens with zero attached hydrogens (tertiary/aromatic N) is 2. The predicted molar refractivity (Wildman–Crippen MR) is 109 cm³/mol. The summed E-state index contributed by atoms with van der Waals surface area (Å²) in [6, 6.07) is 4.30. The average Bonchev–Trinajstić information content (AvgIpc) is 2.68. The molecule has 1 amide bonds. The number of aryl methyl sites for hydroxylation is 1. The lowest BCUT2D eigenvalue weighted by atomic mass is 9.98. The molecule has 9 nitrogen and oxygen atoms in total. The fraction of sp³-hybridized carbons (Fsp3) is 0.350. The number of carbonyl (C=O) groups excluding carboxylic acids is 1. The maximum absolute atomic E-state index is 15.1. The summed E-state index contributed by atoms with van der Waals surface area (Å²) in [4.78, 5) is 17.3. The molecule has 0 atom stereocenters. The highest BCUT2D eigenvalue weighted by Crippen LogP contribution is 2.34. The van der Waals surface area contributed by atoms with Crippen LogP contribution in [0.4, 0.5) is 19.4 Å². The van der Waals surface area contributed by atoms with Gasteiger partial charge in [-0.25, -0.2) is 18.6 Å². The first-order valence-electron chi connectivity index (χ1n) is 9.26. The van der Waals surface area contributed by atoms with Crippen molar-refractivity contribution in [2.45, 2.75) is 19.3 Å². The summed E-state index contributed by atoms with van der Waals surface area (Å²) in [5.41, 5.74) is 6.08. The summed E-state index contributed by atoms with van der Waals surface area (Å²) in [5.74, 6) is -2.54. The van der Waals surface area contributed by atoms with Gasteiger partial charge in [0.15, 0.2) is 17.6 Å². The van der Waals surface area contributed by atoms with Crippen LogP contribution in [-0.2, 0) is 20.8 Å². The van der Waals surface area contributed by atoms with Gasteiger partial charge < -0.3 is 24.8 Å². The summed E-state index contributed by atoms with van der Waals surface area (Å²) in [7, 11) is 3.03. The second-order valence-corrected chi connectivity index (χ2v) is 7.05. The van der Waals surface area contributed by atoms with Crippen LogP contribution >= 0.6 is 0 Å². The van der Waals surface area contributed by atoms with Gasteiger partial charge in [-0.15, -0.1) is 0 Å². The standard InChI is InChI=1S/C20H23F2N5O4/c1-11-4-5-12(8-31-19(28)26-18(23)24)16(22)15(11)13-6-14(21)17(25-7-13)27-9-20(10-27,29-2)30-3/h4-7H,8-10H2,1-3H3,(H4,23,24,26,28). The number of rotatable bonds is 6. The summed E-state index contributed by atoms with van der Waals surface area (Å²) < 4.78 is 45.3. The molecule has 11 heteroatoms. The van der Waals surface area contributed by atoms with Gasteiger partial charge in [0, 0.05) is 37.1 Å². The Bertz CT molecular complexity index is 1010. The predicted octanol–water partition coefficient (Wildman–Crippen LogP) is 2.26. The maximum atomic E-state index is 15.1. The molecule has 0 aliphatic carbocycles. The normalized spacial score (nSPS) is 14.7. The van der Waals surface area contributed by atoms with Crippen molar-refractivity contribution in [3.05, 3.63) is 47.2 Å². The van der Waals surface area contributed by atoms with E-state index < -0.39 is 36.1 Å². The van der Waals surface area contributed by atoms with Crippen LogP contribution in [0.15, 0.2) is 24.4 Å². The monoisotopic (exact) mass is 435 g/mol. The summed E-state index contributed by atoms with van der Waals surface area (Å²) >= 11 is 0. The van der Waals surface area contributed by atoms with Crippen molar-refractivity contribution in [2.24, 2.45) is 5.73 Å². The molecule has 0 spiro atoms. The van der Waals surface area contributed by atoms with Gasteiger partial charge in [-0.1, -0.05) is 12.1 Å². The molecule has 1 aromatic carbocycles. The maximum Gasteiger partial charge on any atom is 0.414 e. The second kappa shape index (κ2) is 8.82. The zero-order chi connectivity index (χ0) is 22.8. The number of methoxy groups -OCH3 is 2. The molecule has 0 radical (unpaired) electrons. The Kier molecular flexibility index (Phi) is 6.37. The molecular formula is C20H23F2N5O4. The molecule has 2 aromatic rings. The molecule has 1 saturated heterocycles. The van der Waals surface area contributed by atoms with Crippen LogP contribution < -0.4 is 16.0 Å². The third kappa shape index (κ3) is 4.57. The molecule has 0 unspecified atom stereocenters. The van der Waals surface area contributed by atoms with E-state index in [2.05, 4.69) is 4.98 Å². The van der Waals surface area contributed by atoms with E-state index in [4.69, 9.17) is 25.4 Å². The first-order chi connectivity index (χ1) is 14.7. The molecule has 1 fully saturated rings. The van der Waals surface area contributed by atoms with Crippen LogP contribution in [0.1, 0.15) is 11.1 Å². The zero-order valence-electron chi connectivity index (χ0n) is 17.3. The minimum atomic E-state index is -0.983. The van der Waals surface area contributed by atoms with Crippen molar-refractivity contribution in [2.75, 3.05) is 32.2 Å². The average molecular weight is 435 g/mol. The Morgan fingerprint density at radius 1 is 1.32 bits per heavy atom. The molecule has 0 saturated carbocycles. The third-order valence-corrected chi connectivity index (χ3v) is 5.04. The molecule has 1 aromatic heterocycles. The van der Waals surface area contributed by atoms with E-state index >= 15 is 4.39 Å². The fourth-order valence-electron chi connectivity index (χ4n) is 3.30. The van der Waals surface area contributed by atoms with E-state index in [9.17, 15) is 9.18 Å². The van der Waals surface area contributed by atoms with Crippen LogP contribution in [-0.4, -0.2) is 50.1 Å². The summed E-state index contributed by atoms with van der Waals surface area (Å²) in [6.45, 7) is 1.91. The fourth-order valence-corrected chi connectivity index (χ4v) is 3.30. The summed E-state index contributed by atoms with van der Waals surface area (Å²) in [5, 5.41) is 8.92. The molecule has 4 N–H and O–H groups in total. The Morgan fingerprint density at radius 3 is 2.58 bits per heavy atom. The van der Waals surface area contributed by atoms with E-state index in [-0.39, 0.29) is 22.5 Å². The minimum Gasteiger partial charge on any atom is -0.444 e. The first kappa shape index (κ1) is 22.4. The number of amides is 1. The van der Waals surface area contributed by atoms with Crippen LogP contribution in [0.25, 0.3) is 11.1 Å². The molecule has 166 valence electrons. The Balaban J connectivity index is 1.82. The first-order valence-corrected chi connectivity index (χ1v) is 9.26. The van der Waals surface area contributed by atoms with E-state index in [0.717, 1.165) is 0 Å². The second-order valence-electron chi connectivity index (χ2n) is 7.05. The van der Waals surface area contributed by atoms with Crippen LogP contribution in [0.2, 0.25) is 0 Å². The van der Waals surface area contributed by atoms with Gasteiger partial charge >= 0.3 is 6.09 Å². The van der Waals surface area contributed by atoms with E-state index in [0.29, 0.717) is 18.7 Å². The van der Waals surface area contributed by atoms with E-state index in [1.807, 2.05) is 5.32 Å². The number of alkyl carbamates (subject to hydrolysis) is 1. The number of hydrogen-bond donors (Lipinski definition) is 3. The SMILES string of the molecule is COC1(OC)CN(c2ncc(-c3c(C)ccc(COC(=O)NC(=N)N)c3F)cc2F)C1. The smallest absolute Gasteiger partial charge is 0.414 e. The number of nitrogens with two attached hydrogens (primary N) is 1. The number of halogens is 2. The molecule has 1 aliphatic heterocycles. The largest absolute Gasteiger partial charge is 0.444 e. The van der Waals surface area contributed by atoms with Gasteiger partial charge in [0.1, 0.15) is 12.4 Å². The number of aromatic nitrogens is 1. The molecule has 0 bridgehead atoms. The summed E-state index contributed by atoms with van der Waals surface area (Å²) in [6.07, 6.45) is 0.403. The number of hydrogen-bond acceptors (Lipinski definition) is 7. The molecule has 2 heterocycles. The van der Waals surface area contributed by atoms with Crippen molar-refractivity contribution in [3.63, 3.8) is 0 Å². The van der Waals surface area contributed by atoms with Crippen molar-refractivity contribution >= 4 is 17.9 Å². The van der Waals surface area contributed by atoms with Crippen molar-refractivity contribution in [1.29, 1.82) is 5.41 Å². The van der Waals surface area contributed by atoms with Gasteiger partial charge in [0.05, 0.1) is 13.1 Å². The van der Waals surface area contributed by atoms with Gasteiger partial charge in [0.2, 0.25) is 5.79 Å². The third-order valence-electron chi connectivity index (χ3n) is 5.04. The number of pyridine rings is 1. The van der Waals surface area contributed by atoms with Crippen molar-refractivity contribution in [3.8, 4) is 11.1 Å². The van der Waals surface area contributed by atoms with Crippen molar-refractivity contribution in [1.82, 2.24) is 10.3 Å². The number of nitrogens with one attached hydrogen (secondary N) is 2. The van der Waals surface area contributed by atoms with E-state index in [1.165, 1.54) is 32.5 Å². The van der Waals surface area contributed by atoms with E-state index in [1.54, 1.807) is 17.9 Å². The highest BCUT2D eigenvalue weighted by Gasteiger charge is 2.45. The van der Waals surface area contributed by atoms with Crippen LogP contribution in [0.3, 0.4) is 0 Å². The van der Waals surface area contributed by atoms with Crippen LogP contribution in [0, 0.1) is 24.0 Å². The molecular weight excluding hydrogens is 412 g/mol. The number of ether oxygens (including phenoxy) is 3. The quantitative estimate of drug-likeness (QED) is 0.361. The lowest BCUT2D eigenvalue weighted by molar-refractivity contribution is -0.219. The lowest BCUT2D eigenvalue weighted by Gasteiger charge is -2.48. The molecule has 3 rings (SSSR count). The topological polar surface area (TPSA) is 123 Å². The van der Waals surface area contributed by atoms with Gasteiger partial charge in [-0.2, -0.15) is 0 Å². The minimum absolute atomic E-state index is 0.0801. The van der Waals surface area contributed by atoms with Gasteiger partial charge in [-0.3, -0.25) is 10.7 Å². The van der Waals surface area contributed by atoms with Gasteiger partial charge in [0.25, 0.3) is 0 Å². The molecule has 31 heavy (non-hydrogen) atoms. The Labute approximate surface area is 177 Å². The number of benzene rings is 1. The van der Waals surface area contributed by atoms with Crippen molar-refractivity contribution < 1.29 is 27.8 Å². The number of guanidine groups is 1. The zero-order valence-corrected chi connectivity index (χ0v) is 17.3. The molecule has 1 aliphatic rings.